The van der Waals surface area contributed by atoms with E-state index in [4.69, 9.17) is 4.74 Å². The van der Waals surface area contributed by atoms with Crippen molar-refractivity contribution >= 4 is 12.0 Å². The fourth-order valence-corrected chi connectivity index (χ4v) is 3.21. The van der Waals surface area contributed by atoms with E-state index in [-0.39, 0.29) is 24.1 Å². The molecule has 5 nitrogen and oxygen atoms in total. The quantitative estimate of drug-likeness (QED) is 0.801. The largest absolute Gasteiger partial charge is 0.444 e. The van der Waals surface area contributed by atoms with Crippen LogP contribution < -0.4 is 0 Å². The lowest BCUT2D eigenvalue weighted by atomic mass is 10.2. The number of carbonyl (C=O) groups excluding carboxylic acids is 2. The summed E-state index contributed by atoms with van der Waals surface area (Å²) in [6.07, 6.45) is 0.574. The molecule has 2 aliphatic heterocycles. The molecule has 1 aromatic carbocycles. The highest BCUT2D eigenvalue weighted by molar-refractivity contribution is 5.94. The molecule has 2 saturated heterocycles. The van der Waals surface area contributed by atoms with Gasteiger partial charge in [0, 0.05) is 18.7 Å². The summed E-state index contributed by atoms with van der Waals surface area (Å²) in [4.78, 5) is 28.4. The molecule has 0 saturated carbocycles. The average Bonchev–Trinajstić information content (AvgIpc) is 3.05. The Balaban J connectivity index is 1.65. The van der Waals surface area contributed by atoms with Crippen LogP contribution in [-0.4, -0.2) is 52.6 Å². The van der Waals surface area contributed by atoms with E-state index in [9.17, 15) is 9.59 Å². The molecule has 0 N–H and O–H groups in total. The average molecular weight is 302 g/mol. The summed E-state index contributed by atoms with van der Waals surface area (Å²) in [6.45, 7) is 6.76. The van der Waals surface area contributed by atoms with Crippen LogP contribution in [0.2, 0.25) is 0 Å². The summed E-state index contributed by atoms with van der Waals surface area (Å²) >= 11 is 0. The van der Waals surface area contributed by atoms with E-state index >= 15 is 0 Å². The van der Waals surface area contributed by atoms with Gasteiger partial charge in [0.2, 0.25) is 0 Å². The van der Waals surface area contributed by atoms with Crippen LogP contribution in [-0.2, 0) is 4.74 Å². The third-order valence-electron chi connectivity index (χ3n) is 4.15. The van der Waals surface area contributed by atoms with Crippen LogP contribution in [0.15, 0.2) is 30.3 Å². The van der Waals surface area contributed by atoms with Crippen molar-refractivity contribution in [2.75, 3.05) is 13.1 Å². The minimum atomic E-state index is -0.488. The molecule has 118 valence electrons. The predicted octanol–water partition coefficient (Wildman–Crippen LogP) is 2.52. The molecule has 22 heavy (non-hydrogen) atoms. The summed E-state index contributed by atoms with van der Waals surface area (Å²) < 4.78 is 5.44. The standard InChI is InChI=1S/C17H22N2O3/c1-17(2,3)22-16(21)19-11-13-9-14(19)10-18(13)15(20)12-7-5-4-6-8-12/h4-8,13-14H,9-11H2,1-3H3. The summed E-state index contributed by atoms with van der Waals surface area (Å²) in [5, 5.41) is 0. The van der Waals surface area contributed by atoms with E-state index < -0.39 is 5.60 Å². The highest BCUT2D eigenvalue weighted by Gasteiger charge is 2.48. The third kappa shape index (κ3) is 2.80. The predicted molar refractivity (Wildman–Crippen MR) is 82.6 cm³/mol. The number of amides is 2. The number of rotatable bonds is 1. The molecule has 2 fully saturated rings. The molecule has 2 heterocycles. The van der Waals surface area contributed by atoms with Crippen LogP contribution in [0.4, 0.5) is 4.79 Å². The lowest BCUT2D eigenvalue weighted by Crippen LogP contribution is -2.51. The van der Waals surface area contributed by atoms with Crippen molar-refractivity contribution in [3.05, 3.63) is 35.9 Å². The third-order valence-corrected chi connectivity index (χ3v) is 4.15. The van der Waals surface area contributed by atoms with Gasteiger partial charge in [0.05, 0.1) is 12.1 Å². The smallest absolute Gasteiger partial charge is 0.410 e. The van der Waals surface area contributed by atoms with E-state index in [2.05, 4.69) is 0 Å². The Labute approximate surface area is 130 Å². The first-order valence-corrected chi connectivity index (χ1v) is 7.71. The Morgan fingerprint density at radius 2 is 1.64 bits per heavy atom. The lowest BCUT2D eigenvalue weighted by molar-refractivity contribution is 0.0126. The molecule has 2 aliphatic rings. The Morgan fingerprint density at radius 3 is 2.18 bits per heavy atom. The van der Waals surface area contributed by atoms with Gasteiger partial charge in [-0.1, -0.05) is 18.2 Å². The molecule has 1 aromatic rings. The van der Waals surface area contributed by atoms with Gasteiger partial charge in [0.15, 0.2) is 0 Å². The number of piperazine rings is 1. The maximum absolute atomic E-state index is 12.5. The van der Waals surface area contributed by atoms with Gasteiger partial charge in [0.1, 0.15) is 5.60 Å². The van der Waals surface area contributed by atoms with Gasteiger partial charge >= 0.3 is 6.09 Å². The van der Waals surface area contributed by atoms with Gasteiger partial charge in [-0.25, -0.2) is 4.79 Å². The minimum absolute atomic E-state index is 0.0527. The molecule has 0 aromatic heterocycles. The molecule has 0 aliphatic carbocycles. The molecule has 2 amide bonds. The van der Waals surface area contributed by atoms with Crippen LogP contribution in [0.1, 0.15) is 37.6 Å². The van der Waals surface area contributed by atoms with Crippen LogP contribution in [0.25, 0.3) is 0 Å². The maximum atomic E-state index is 12.5. The second kappa shape index (κ2) is 5.30. The number of benzene rings is 1. The topological polar surface area (TPSA) is 49.9 Å². The zero-order valence-electron chi connectivity index (χ0n) is 13.3. The van der Waals surface area contributed by atoms with Crippen molar-refractivity contribution in [2.45, 2.75) is 44.9 Å². The number of fused-ring (bicyclic) bond motifs is 2. The van der Waals surface area contributed by atoms with Gasteiger partial charge in [-0.15, -0.1) is 0 Å². The van der Waals surface area contributed by atoms with E-state index in [1.165, 1.54) is 0 Å². The molecular weight excluding hydrogens is 280 g/mol. The zero-order chi connectivity index (χ0) is 15.9. The number of hydrogen-bond acceptors (Lipinski definition) is 3. The minimum Gasteiger partial charge on any atom is -0.444 e. The van der Waals surface area contributed by atoms with E-state index in [1.54, 1.807) is 4.90 Å². The van der Waals surface area contributed by atoms with Crippen molar-refractivity contribution in [3.8, 4) is 0 Å². The molecule has 5 heteroatoms. The van der Waals surface area contributed by atoms with Crippen molar-refractivity contribution in [1.82, 2.24) is 9.80 Å². The Morgan fingerprint density at radius 1 is 1.05 bits per heavy atom. The van der Waals surface area contributed by atoms with Gasteiger partial charge in [-0.3, -0.25) is 4.79 Å². The van der Waals surface area contributed by atoms with Crippen molar-refractivity contribution in [1.29, 1.82) is 0 Å². The summed E-state index contributed by atoms with van der Waals surface area (Å²) in [7, 11) is 0. The van der Waals surface area contributed by atoms with Gasteiger partial charge in [0.25, 0.3) is 5.91 Å². The van der Waals surface area contributed by atoms with Gasteiger partial charge in [-0.2, -0.15) is 0 Å². The van der Waals surface area contributed by atoms with E-state index in [1.807, 2.05) is 56.0 Å². The lowest BCUT2D eigenvalue weighted by Gasteiger charge is -2.35. The Hall–Kier alpha value is -2.04. The van der Waals surface area contributed by atoms with Crippen LogP contribution in [0.5, 0.6) is 0 Å². The number of carbonyl (C=O) groups is 2. The summed E-state index contributed by atoms with van der Waals surface area (Å²) in [5.41, 5.74) is 0.220. The summed E-state index contributed by atoms with van der Waals surface area (Å²) in [5.74, 6) is 0.0527. The van der Waals surface area contributed by atoms with E-state index in [0.717, 1.165) is 6.42 Å². The van der Waals surface area contributed by atoms with Crippen molar-refractivity contribution in [2.24, 2.45) is 0 Å². The van der Waals surface area contributed by atoms with Crippen LogP contribution >= 0.6 is 0 Å². The number of nitrogens with zero attached hydrogens (tertiary/aromatic N) is 2. The zero-order valence-corrected chi connectivity index (χ0v) is 13.3. The Bertz CT molecular complexity index is 579. The highest BCUT2D eigenvalue weighted by atomic mass is 16.6. The second-order valence-electron chi connectivity index (χ2n) is 7.00. The molecule has 3 rings (SSSR count). The van der Waals surface area contributed by atoms with Gasteiger partial charge < -0.3 is 14.5 Å². The fraction of sp³-hybridized carbons (Fsp3) is 0.529. The highest BCUT2D eigenvalue weighted by Crippen LogP contribution is 2.32. The number of likely N-dealkylation sites (tertiary alicyclic amines) is 2. The molecular formula is C17H22N2O3. The van der Waals surface area contributed by atoms with Gasteiger partial charge in [-0.05, 0) is 39.3 Å². The molecule has 2 unspecified atom stereocenters. The molecule has 0 radical (unpaired) electrons. The SMILES string of the molecule is CC(C)(C)OC(=O)N1CC2CC1CN2C(=O)c1ccccc1. The molecule has 2 bridgehead atoms. The Kier molecular flexibility index (Phi) is 3.59. The normalized spacial score (nSPS) is 23.8. The van der Waals surface area contributed by atoms with Crippen molar-refractivity contribution in [3.63, 3.8) is 0 Å². The molecule has 2 atom stereocenters. The number of ether oxygens (including phenoxy) is 1. The fourth-order valence-electron chi connectivity index (χ4n) is 3.21. The first-order chi connectivity index (χ1) is 10.3. The van der Waals surface area contributed by atoms with Crippen molar-refractivity contribution < 1.29 is 14.3 Å². The first-order valence-electron chi connectivity index (χ1n) is 7.71. The summed E-state index contributed by atoms with van der Waals surface area (Å²) in [6, 6.07) is 9.48. The molecule has 0 spiro atoms. The van der Waals surface area contributed by atoms with Crippen LogP contribution in [0, 0.1) is 0 Å². The second-order valence-corrected chi connectivity index (χ2v) is 7.00. The van der Waals surface area contributed by atoms with Crippen LogP contribution in [0.3, 0.4) is 0 Å². The monoisotopic (exact) mass is 302 g/mol. The van der Waals surface area contributed by atoms with E-state index in [0.29, 0.717) is 18.7 Å². The number of hydrogen-bond donors (Lipinski definition) is 0. The first kappa shape index (κ1) is 14.9. The maximum Gasteiger partial charge on any atom is 0.410 e.